The Kier molecular flexibility index (Phi) is 4.07. The maximum atomic E-state index is 13.2. The second-order valence-corrected chi connectivity index (χ2v) is 4.35. The van der Waals surface area contributed by atoms with Gasteiger partial charge < -0.3 is 15.8 Å². The molecule has 0 spiro atoms. The van der Waals surface area contributed by atoms with Crippen LogP contribution in [0.15, 0.2) is 18.2 Å². The second-order valence-electron chi connectivity index (χ2n) is 4.35. The normalized spacial score (nSPS) is 11.3. The molecule has 0 aliphatic carbocycles. The summed E-state index contributed by atoms with van der Waals surface area (Å²) in [5.41, 5.74) is 5.01. The molecule has 1 rings (SSSR count). The van der Waals surface area contributed by atoms with Crippen molar-refractivity contribution in [1.82, 2.24) is 5.32 Å². The highest BCUT2D eigenvalue weighted by Crippen LogP contribution is 2.15. The zero-order valence-electron chi connectivity index (χ0n) is 10.2. The number of ether oxygens (including phenoxy) is 1. The van der Waals surface area contributed by atoms with E-state index in [1.807, 2.05) is 13.8 Å². The molecule has 1 amide bonds. The molecular weight excluding hydrogens is 223 g/mol. The van der Waals surface area contributed by atoms with Crippen molar-refractivity contribution in [3.05, 3.63) is 29.6 Å². The van der Waals surface area contributed by atoms with E-state index < -0.39 is 17.3 Å². The monoisotopic (exact) mass is 240 g/mol. The molecule has 0 saturated heterocycles. The number of amides is 1. The molecule has 4 nitrogen and oxygen atoms in total. The van der Waals surface area contributed by atoms with Crippen LogP contribution < -0.4 is 11.1 Å². The first-order valence-electron chi connectivity index (χ1n) is 5.25. The predicted molar refractivity (Wildman–Crippen MR) is 64.2 cm³/mol. The van der Waals surface area contributed by atoms with Crippen LogP contribution in [-0.2, 0) is 4.74 Å². The third-order valence-electron chi connectivity index (χ3n) is 2.52. The number of carbonyl (C=O) groups excluding carboxylic acids is 1. The van der Waals surface area contributed by atoms with Gasteiger partial charge in [-0.2, -0.15) is 0 Å². The van der Waals surface area contributed by atoms with Crippen LogP contribution in [0.25, 0.3) is 0 Å². The number of hydrogen-bond acceptors (Lipinski definition) is 3. The highest BCUT2D eigenvalue weighted by Gasteiger charge is 2.19. The summed E-state index contributed by atoms with van der Waals surface area (Å²) in [6.07, 6.45) is 0. The van der Waals surface area contributed by atoms with E-state index in [0.29, 0.717) is 6.54 Å². The Morgan fingerprint density at radius 1 is 1.53 bits per heavy atom. The highest BCUT2D eigenvalue weighted by molar-refractivity contribution is 5.99. The van der Waals surface area contributed by atoms with E-state index in [-0.39, 0.29) is 11.3 Å². The van der Waals surface area contributed by atoms with Crippen LogP contribution in [0.1, 0.15) is 24.2 Å². The lowest BCUT2D eigenvalue weighted by molar-refractivity contribution is 0.0229. The number of nitrogen functional groups attached to an aromatic ring is 1. The van der Waals surface area contributed by atoms with E-state index in [2.05, 4.69) is 5.32 Å². The molecular formula is C12H17FN2O2. The predicted octanol–water partition coefficient (Wildman–Crippen LogP) is 1.56. The van der Waals surface area contributed by atoms with Crippen LogP contribution in [0.2, 0.25) is 0 Å². The standard InChI is InChI=1S/C12H17FN2O2/c1-12(2,17-3)7-15-11(16)8-5-4-6-9(13)10(8)14/h4-6H,7,14H2,1-3H3,(H,15,16). The van der Waals surface area contributed by atoms with Crippen LogP contribution >= 0.6 is 0 Å². The first kappa shape index (κ1) is 13.4. The molecule has 0 aromatic heterocycles. The fourth-order valence-corrected chi connectivity index (χ4v) is 1.20. The van der Waals surface area contributed by atoms with Crippen molar-refractivity contribution in [3.8, 4) is 0 Å². The summed E-state index contributed by atoms with van der Waals surface area (Å²) in [5.74, 6) is -1.00. The Balaban J connectivity index is 2.74. The van der Waals surface area contributed by atoms with Gasteiger partial charge in [-0.05, 0) is 26.0 Å². The Labute approximate surface area is 100.0 Å². The van der Waals surface area contributed by atoms with Crippen molar-refractivity contribution < 1.29 is 13.9 Å². The Bertz CT molecular complexity index is 419. The van der Waals surface area contributed by atoms with Crippen LogP contribution in [0, 0.1) is 5.82 Å². The van der Waals surface area contributed by atoms with E-state index >= 15 is 0 Å². The average Bonchev–Trinajstić information content (AvgIpc) is 2.30. The highest BCUT2D eigenvalue weighted by atomic mass is 19.1. The third-order valence-corrected chi connectivity index (χ3v) is 2.52. The maximum Gasteiger partial charge on any atom is 0.253 e. The van der Waals surface area contributed by atoms with Crippen LogP contribution in [-0.4, -0.2) is 25.2 Å². The van der Waals surface area contributed by atoms with Crippen molar-refractivity contribution in [2.45, 2.75) is 19.4 Å². The van der Waals surface area contributed by atoms with Gasteiger partial charge in [0.1, 0.15) is 5.82 Å². The number of carbonyl (C=O) groups is 1. The number of methoxy groups -OCH3 is 1. The lowest BCUT2D eigenvalue weighted by Crippen LogP contribution is -2.39. The molecule has 1 aromatic rings. The SMILES string of the molecule is COC(C)(C)CNC(=O)c1cccc(F)c1N. The maximum absolute atomic E-state index is 13.2. The van der Waals surface area contributed by atoms with E-state index in [1.165, 1.54) is 18.2 Å². The quantitative estimate of drug-likeness (QED) is 0.785. The van der Waals surface area contributed by atoms with Gasteiger partial charge in [-0.15, -0.1) is 0 Å². The molecule has 0 heterocycles. The van der Waals surface area contributed by atoms with Gasteiger partial charge in [0.25, 0.3) is 5.91 Å². The number of para-hydroxylation sites is 1. The molecule has 3 N–H and O–H groups in total. The minimum absolute atomic E-state index is 0.136. The Morgan fingerprint density at radius 2 is 2.18 bits per heavy atom. The second kappa shape index (κ2) is 5.14. The number of anilines is 1. The van der Waals surface area contributed by atoms with Gasteiger partial charge in [0.2, 0.25) is 0 Å². The summed E-state index contributed by atoms with van der Waals surface area (Å²) in [6.45, 7) is 3.99. The summed E-state index contributed by atoms with van der Waals surface area (Å²) in [4.78, 5) is 11.8. The van der Waals surface area contributed by atoms with E-state index in [9.17, 15) is 9.18 Å². The van der Waals surface area contributed by atoms with Gasteiger partial charge in [0, 0.05) is 13.7 Å². The summed E-state index contributed by atoms with van der Waals surface area (Å²) >= 11 is 0. The molecule has 0 unspecified atom stereocenters. The van der Waals surface area contributed by atoms with E-state index in [1.54, 1.807) is 7.11 Å². The number of hydrogen-bond donors (Lipinski definition) is 2. The van der Waals surface area contributed by atoms with Crippen molar-refractivity contribution in [2.24, 2.45) is 0 Å². The first-order chi connectivity index (χ1) is 7.87. The van der Waals surface area contributed by atoms with Crippen molar-refractivity contribution in [3.63, 3.8) is 0 Å². The lowest BCUT2D eigenvalue weighted by atomic mass is 10.1. The van der Waals surface area contributed by atoms with Gasteiger partial charge in [0.05, 0.1) is 16.9 Å². The van der Waals surface area contributed by atoms with Gasteiger partial charge in [0.15, 0.2) is 0 Å². The summed E-state index contributed by atoms with van der Waals surface area (Å²) in [5, 5.41) is 2.65. The third kappa shape index (κ3) is 3.42. The van der Waals surface area contributed by atoms with E-state index in [4.69, 9.17) is 10.5 Å². The number of benzene rings is 1. The summed E-state index contributed by atoms with van der Waals surface area (Å²) < 4.78 is 18.3. The number of rotatable bonds is 4. The molecule has 1 aromatic carbocycles. The summed E-state index contributed by atoms with van der Waals surface area (Å²) in [7, 11) is 1.56. The van der Waals surface area contributed by atoms with Crippen molar-refractivity contribution in [1.29, 1.82) is 0 Å². The Morgan fingerprint density at radius 3 is 2.76 bits per heavy atom. The molecule has 0 saturated carbocycles. The molecule has 94 valence electrons. The van der Waals surface area contributed by atoms with Gasteiger partial charge in [-0.1, -0.05) is 6.07 Å². The first-order valence-corrected chi connectivity index (χ1v) is 5.25. The largest absolute Gasteiger partial charge is 0.396 e. The fourth-order valence-electron chi connectivity index (χ4n) is 1.20. The molecule has 0 aliphatic rings. The van der Waals surface area contributed by atoms with Gasteiger partial charge in [-0.3, -0.25) is 4.79 Å². The zero-order chi connectivity index (χ0) is 13.1. The minimum atomic E-state index is -0.594. The molecule has 0 radical (unpaired) electrons. The lowest BCUT2D eigenvalue weighted by Gasteiger charge is -2.23. The van der Waals surface area contributed by atoms with Crippen LogP contribution in [0.5, 0.6) is 0 Å². The summed E-state index contributed by atoms with van der Waals surface area (Å²) in [6, 6.07) is 4.14. The van der Waals surface area contributed by atoms with Gasteiger partial charge in [-0.25, -0.2) is 4.39 Å². The molecule has 5 heteroatoms. The smallest absolute Gasteiger partial charge is 0.253 e. The van der Waals surface area contributed by atoms with Crippen LogP contribution in [0.3, 0.4) is 0 Å². The number of halogens is 1. The fraction of sp³-hybridized carbons (Fsp3) is 0.417. The van der Waals surface area contributed by atoms with Crippen molar-refractivity contribution >= 4 is 11.6 Å². The molecule has 0 atom stereocenters. The molecule has 0 aliphatic heterocycles. The van der Waals surface area contributed by atoms with Crippen molar-refractivity contribution in [2.75, 3.05) is 19.4 Å². The molecule has 0 bridgehead atoms. The minimum Gasteiger partial charge on any atom is -0.396 e. The number of nitrogens with one attached hydrogen (secondary N) is 1. The zero-order valence-corrected chi connectivity index (χ0v) is 10.2. The topological polar surface area (TPSA) is 64.3 Å². The van der Waals surface area contributed by atoms with Gasteiger partial charge >= 0.3 is 0 Å². The average molecular weight is 240 g/mol. The van der Waals surface area contributed by atoms with E-state index in [0.717, 1.165) is 0 Å². The Hall–Kier alpha value is -1.62. The molecule has 0 fully saturated rings. The molecule has 17 heavy (non-hydrogen) atoms. The van der Waals surface area contributed by atoms with Crippen LogP contribution in [0.4, 0.5) is 10.1 Å². The number of nitrogens with two attached hydrogens (primary N) is 1.